The van der Waals surface area contributed by atoms with Gasteiger partial charge < -0.3 is 0 Å². The van der Waals surface area contributed by atoms with E-state index in [0.717, 1.165) is 5.56 Å². The molecule has 0 atom stereocenters. The van der Waals surface area contributed by atoms with E-state index in [2.05, 4.69) is 24.3 Å². The number of hydrogen-bond donors (Lipinski definition) is 0. The van der Waals surface area contributed by atoms with E-state index in [1.165, 1.54) is 10.8 Å². The van der Waals surface area contributed by atoms with Gasteiger partial charge in [0.25, 0.3) is 5.56 Å². The molecule has 1 heterocycles. The largest absolute Gasteiger partial charge is 0.288 e. The Morgan fingerprint density at radius 1 is 1.06 bits per heavy atom. The number of fused-ring (bicyclic) bond motifs is 1. The lowest BCUT2D eigenvalue weighted by Crippen LogP contribution is -1.96. The summed E-state index contributed by atoms with van der Waals surface area (Å²) in [5.74, 6) is 0. The van der Waals surface area contributed by atoms with Crippen molar-refractivity contribution in [3.63, 3.8) is 0 Å². The van der Waals surface area contributed by atoms with E-state index in [0.29, 0.717) is 11.2 Å². The molecule has 0 aliphatic heterocycles. The van der Waals surface area contributed by atoms with Crippen molar-refractivity contribution >= 4 is 23.0 Å². The van der Waals surface area contributed by atoms with Crippen LogP contribution in [0.1, 0.15) is 5.56 Å². The summed E-state index contributed by atoms with van der Waals surface area (Å²) in [5, 5.41) is 2.41. The summed E-state index contributed by atoms with van der Waals surface area (Å²) < 4.78 is 2.06. The topological polar surface area (TPSA) is 22.0 Å². The average molecular weight is 227 g/mol. The Labute approximate surface area is 97.5 Å². The smallest absolute Gasteiger partial charge is 0.287 e. The highest BCUT2D eigenvalue weighted by atomic mass is 32.1. The minimum absolute atomic E-state index is 0.0110. The molecule has 0 aliphatic rings. The molecular formula is C13H9NOS. The molecule has 0 radical (unpaired) electrons. The fourth-order valence-corrected chi connectivity index (χ4v) is 2.04. The Kier molecular flexibility index (Phi) is 2.01. The molecule has 1 aromatic heterocycles. The zero-order chi connectivity index (χ0) is 11.1. The first-order valence-electron chi connectivity index (χ1n) is 5.09. The van der Waals surface area contributed by atoms with Crippen molar-refractivity contribution in [2.75, 3.05) is 0 Å². The van der Waals surface area contributed by atoms with Crippen molar-refractivity contribution in [3.8, 4) is 0 Å². The van der Waals surface area contributed by atoms with Gasteiger partial charge >= 0.3 is 0 Å². The number of aromatic nitrogens is 1. The van der Waals surface area contributed by atoms with E-state index in [9.17, 15) is 4.79 Å². The van der Waals surface area contributed by atoms with Gasteiger partial charge in [0, 0.05) is 0 Å². The first-order valence-corrected chi connectivity index (χ1v) is 5.50. The Morgan fingerprint density at radius 2 is 1.75 bits per heavy atom. The van der Waals surface area contributed by atoms with Gasteiger partial charge in [-0.15, -0.1) is 0 Å². The van der Waals surface area contributed by atoms with E-state index >= 15 is 0 Å². The van der Waals surface area contributed by atoms with E-state index in [1.807, 2.05) is 18.2 Å². The first kappa shape index (κ1) is 9.48. The third kappa shape index (κ3) is 1.49. The molecule has 0 fully saturated rings. The third-order valence-corrected chi connectivity index (χ3v) is 3.17. The molecule has 0 unspecified atom stereocenters. The van der Waals surface area contributed by atoms with Crippen LogP contribution in [-0.4, -0.2) is 4.57 Å². The molecule has 16 heavy (non-hydrogen) atoms. The van der Waals surface area contributed by atoms with Crippen molar-refractivity contribution in [2.45, 2.75) is 6.54 Å². The lowest BCUT2D eigenvalue weighted by Gasteiger charge is -2.01. The highest BCUT2D eigenvalue weighted by molar-refractivity contribution is 7.71. The van der Waals surface area contributed by atoms with Crippen molar-refractivity contribution < 1.29 is 0 Å². The summed E-state index contributed by atoms with van der Waals surface area (Å²) in [6, 6.07) is 14.4. The number of hydrogen-bond acceptors (Lipinski definition) is 2. The molecular weight excluding hydrogens is 218 g/mol. The molecule has 0 spiro atoms. The predicted octanol–water partition coefficient (Wildman–Crippen LogP) is 2.65. The van der Waals surface area contributed by atoms with Crippen LogP contribution < -0.4 is 5.56 Å². The van der Waals surface area contributed by atoms with Gasteiger partial charge in [0.05, 0.1) is 6.54 Å². The number of nitrogens with zero attached hydrogens (tertiary/aromatic N) is 1. The summed E-state index contributed by atoms with van der Waals surface area (Å²) in [6.07, 6.45) is 0. The summed E-state index contributed by atoms with van der Waals surface area (Å²) in [4.78, 5) is 11.1. The van der Waals surface area contributed by atoms with Crippen LogP contribution in [0.3, 0.4) is 0 Å². The maximum absolute atomic E-state index is 11.1. The summed E-state index contributed by atoms with van der Waals surface area (Å²) >= 11 is 4.86. The van der Waals surface area contributed by atoms with Gasteiger partial charge in [0.1, 0.15) is 0 Å². The van der Waals surface area contributed by atoms with Crippen LogP contribution in [0.5, 0.6) is 0 Å². The highest BCUT2D eigenvalue weighted by Gasteiger charge is 2.11. The molecule has 0 N–H and O–H groups in total. The Hall–Kier alpha value is -1.74. The van der Waals surface area contributed by atoms with Crippen LogP contribution in [0.4, 0.5) is 0 Å². The summed E-state index contributed by atoms with van der Waals surface area (Å²) in [7, 11) is 0. The zero-order valence-electron chi connectivity index (χ0n) is 8.51. The molecule has 3 aromatic rings. The second-order valence-electron chi connectivity index (χ2n) is 3.88. The van der Waals surface area contributed by atoms with Gasteiger partial charge in [-0.1, -0.05) is 48.6 Å². The summed E-state index contributed by atoms with van der Waals surface area (Å²) in [6.45, 7) is 0.600. The minimum atomic E-state index is -0.0110. The van der Waals surface area contributed by atoms with Crippen LogP contribution in [-0.2, 0) is 6.54 Å². The van der Waals surface area contributed by atoms with Crippen LogP contribution in [0.25, 0.3) is 10.8 Å². The molecule has 0 amide bonds. The minimum Gasteiger partial charge on any atom is -0.288 e. The van der Waals surface area contributed by atoms with Crippen molar-refractivity contribution in [3.05, 3.63) is 63.0 Å². The Balaban J connectivity index is 2.02. The second kappa shape index (κ2) is 3.39. The van der Waals surface area contributed by atoms with Crippen molar-refractivity contribution in [1.29, 1.82) is 0 Å². The molecule has 78 valence electrons. The van der Waals surface area contributed by atoms with Gasteiger partial charge in [-0.05, 0) is 22.4 Å². The Bertz CT molecular complexity index is 709. The van der Waals surface area contributed by atoms with Crippen LogP contribution in [0.2, 0.25) is 0 Å². The maximum Gasteiger partial charge on any atom is 0.287 e. The second-order valence-corrected chi connectivity index (χ2v) is 4.26. The first-order chi connectivity index (χ1) is 7.75. The van der Waals surface area contributed by atoms with Gasteiger partial charge in [-0.25, -0.2) is 0 Å². The van der Waals surface area contributed by atoms with Gasteiger partial charge in [0.2, 0.25) is 0 Å². The van der Waals surface area contributed by atoms with E-state index < -0.39 is 0 Å². The average Bonchev–Trinajstić information content (AvgIpc) is 2.87. The number of rotatable bonds is 2. The fraction of sp³-hybridized carbons (Fsp3) is 0.0769. The van der Waals surface area contributed by atoms with Crippen LogP contribution in [0.15, 0.2) is 47.3 Å². The Morgan fingerprint density at radius 3 is 2.44 bits per heavy atom. The molecule has 2 nitrogen and oxygen atoms in total. The lowest BCUT2D eigenvalue weighted by atomic mass is 10.1. The molecule has 0 saturated heterocycles. The molecule has 0 saturated carbocycles. The SMILES string of the molecule is O=c1c(=S)n1Cc1ccc2ccccc2c1. The molecule has 3 rings (SSSR count). The monoisotopic (exact) mass is 227 g/mol. The standard InChI is InChI=1S/C13H9NOS/c15-12-13(16)14(12)8-9-5-6-10-3-1-2-4-11(10)7-9/h1-7H,8H2. The van der Waals surface area contributed by atoms with Crippen LogP contribution in [0, 0.1) is 4.64 Å². The van der Waals surface area contributed by atoms with E-state index in [-0.39, 0.29) is 5.56 Å². The zero-order valence-corrected chi connectivity index (χ0v) is 9.33. The van der Waals surface area contributed by atoms with Gasteiger partial charge in [0.15, 0.2) is 4.64 Å². The molecule has 3 heteroatoms. The molecule has 2 aromatic carbocycles. The van der Waals surface area contributed by atoms with E-state index in [4.69, 9.17) is 12.2 Å². The van der Waals surface area contributed by atoms with E-state index in [1.54, 1.807) is 4.57 Å². The summed E-state index contributed by atoms with van der Waals surface area (Å²) in [5.41, 5.74) is 1.11. The highest BCUT2D eigenvalue weighted by Crippen LogP contribution is 2.16. The van der Waals surface area contributed by atoms with Gasteiger partial charge in [-0.3, -0.25) is 9.36 Å². The number of benzene rings is 2. The van der Waals surface area contributed by atoms with Crippen LogP contribution >= 0.6 is 12.2 Å². The quantitative estimate of drug-likeness (QED) is 0.628. The van der Waals surface area contributed by atoms with Crippen molar-refractivity contribution in [1.82, 2.24) is 4.57 Å². The third-order valence-electron chi connectivity index (χ3n) is 2.78. The normalized spacial score (nSPS) is 11.2. The molecule has 0 aliphatic carbocycles. The lowest BCUT2D eigenvalue weighted by molar-refractivity contribution is 0.869. The maximum atomic E-state index is 11.1. The van der Waals surface area contributed by atoms with Gasteiger partial charge in [-0.2, -0.15) is 0 Å². The fourth-order valence-electron chi connectivity index (χ4n) is 1.83. The predicted molar refractivity (Wildman–Crippen MR) is 67.0 cm³/mol. The van der Waals surface area contributed by atoms with Crippen molar-refractivity contribution in [2.24, 2.45) is 0 Å². The molecule has 0 bridgehead atoms.